The molecule has 3 atom stereocenters. The highest BCUT2D eigenvalue weighted by Crippen LogP contribution is 2.62. The molecule has 0 bridgehead atoms. The molecule has 3 aromatic rings. The first-order chi connectivity index (χ1) is 24.4. The molecule has 3 aliphatic rings. The summed E-state index contributed by atoms with van der Waals surface area (Å²) in [6.45, 7) is 16.3. The van der Waals surface area contributed by atoms with E-state index in [2.05, 4.69) is 15.0 Å². The van der Waals surface area contributed by atoms with Crippen LogP contribution in [0.2, 0.25) is 0 Å². The summed E-state index contributed by atoms with van der Waals surface area (Å²) in [6, 6.07) is 1.46. The molecule has 2 aliphatic carbocycles. The van der Waals surface area contributed by atoms with Crippen molar-refractivity contribution in [2.75, 3.05) is 18.4 Å². The van der Waals surface area contributed by atoms with Gasteiger partial charge in [-0.05, 0) is 96.6 Å². The van der Waals surface area contributed by atoms with E-state index in [1.807, 2.05) is 18.4 Å². The number of aliphatic hydroxyl groups excluding tert-OH is 1. The van der Waals surface area contributed by atoms with E-state index in [4.69, 9.17) is 9.47 Å². The van der Waals surface area contributed by atoms with Crippen LogP contribution in [0.5, 0.6) is 5.75 Å². The van der Waals surface area contributed by atoms with Crippen LogP contribution in [0.1, 0.15) is 110 Å². The Morgan fingerprint density at radius 1 is 0.981 bits per heavy atom. The number of amides is 2. The van der Waals surface area contributed by atoms with Gasteiger partial charge in [-0.2, -0.15) is 0 Å². The third kappa shape index (κ3) is 8.04. The van der Waals surface area contributed by atoms with Crippen LogP contribution in [0.3, 0.4) is 0 Å². The van der Waals surface area contributed by atoms with Gasteiger partial charge in [0.15, 0.2) is 17.4 Å². The zero-order valence-corrected chi connectivity index (χ0v) is 31.4. The number of nitrogens with zero attached hydrogens (tertiary/aromatic N) is 3. The zero-order chi connectivity index (χ0) is 39.1. The molecule has 53 heavy (non-hydrogen) atoms. The van der Waals surface area contributed by atoms with E-state index < -0.39 is 64.5 Å². The van der Waals surface area contributed by atoms with Gasteiger partial charge >= 0.3 is 18.5 Å². The van der Waals surface area contributed by atoms with E-state index in [-0.39, 0.29) is 47.3 Å². The van der Waals surface area contributed by atoms with Crippen molar-refractivity contribution < 1.29 is 50.9 Å². The number of anilines is 1. The second-order valence-electron chi connectivity index (χ2n) is 16.8. The number of carbonyl (C=O) groups excluding carboxylic acids is 2. The second kappa shape index (κ2) is 13.3. The summed E-state index contributed by atoms with van der Waals surface area (Å²) in [6.07, 6.45) is -6.00. The van der Waals surface area contributed by atoms with Gasteiger partial charge in [-0.1, -0.05) is 13.8 Å². The van der Waals surface area contributed by atoms with Crippen LogP contribution in [0.25, 0.3) is 22.2 Å². The molecule has 1 saturated heterocycles. The van der Waals surface area contributed by atoms with Crippen LogP contribution in [-0.4, -0.2) is 68.5 Å². The number of rotatable bonds is 8. The Labute approximate surface area is 305 Å². The maximum Gasteiger partial charge on any atom is 0.573 e. The molecule has 3 heterocycles. The highest BCUT2D eigenvalue weighted by molar-refractivity contribution is 5.94. The van der Waals surface area contributed by atoms with Crippen LogP contribution in [-0.2, 0) is 15.9 Å². The molecule has 2 saturated carbocycles. The fourth-order valence-electron chi connectivity index (χ4n) is 7.56. The van der Waals surface area contributed by atoms with Crippen molar-refractivity contribution in [2.24, 2.45) is 11.8 Å². The average molecular weight is 751 g/mol. The number of piperidine rings is 1. The van der Waals surface area contributed by atoms with Crippen molar-refractivity contribution in [3.8, 4) is 17.0 Å². The highest BCUT2D eigenvalue weighted by Gasteiger charge is 2.59. The first kappa shape index (κ1) is 38.6. The minimum Gasteiger partial charge on any atom is -0.444 e. The molecule has 3 fully saturated rings. The van der Waals surface area contributed by atoms with Crippen LogP contribution in [0, 0.1) is 23.5 Å². The molecule has 1 aromatic carbocycles. The number of fused-ring (bicyclic) bond motifs is 2. The van der Waals surface area contributed by atoms with Crippen LogP contribution in [0.4, 0.5) is 37.2 Å². The van der Waals surface area contributed by atoms with Crippen LogP contribution >= 0.6 is 0 Å². The summed E-state index contributed by atoms with van der Waals surface area (Å²) < 4.78 is 91.1. The first-order valence-electron chi connectivity index (χ1n) is 18.0. The van der Waals surface area contributed by atoms with Gasteiger partial charge in [0, 0.05) is 48.4 Å². The van der Waals surface area contributed by atoms with Gasteiger partial charge in [-0.3, -0.25) is 5.32 Å². The number of pyridine rings is 1. The minimum atomic E-state index is -5.35. The normalized spacial score (nSPS) is 20.8. The van der Waals surface area contributed by atoms with Gasteiger partial charge in [0.05, 0.1) is 22.9 Å². The number of aliphatic hydroxyl groups is 1. The van der Waals surface area contributed by atoms with E-state index in [0.717, 1.165) is 11.6 Å². The number of nitrogens with one attached hydrogen (secondary N) is 1. The van der Waals surface area contributed by atoms with Gasteiger partial charge in [-0.15, -0.1) is 13.2 Å². The van der Waals surface area contributed by atoms with Crippen molar-refractivity contribution in [1.29, 1.82) is 0 Å². The summed E-state index contributed by atoms with van der Waals surface area (Å²) in [7, 11) is 0. The van der Waals surface area contributed by atoms with Crippen molar-refractivity contribution in [3.63, 3.8) is 0 Å². The third-order valence-corrected chi connectivity index (χ3v) is 9.54. The molecule has 3 unspecified atom stereocenters. The van der Waals surface area contributed by atoms with E-state index in [9.17, 15) is 27.9 Å². The maximum atomic E-state index is 17.5. The van der Waals surface area contributed by atoms with E-state index in [1.54, 1.807) is 53.4 Å². The number of likely N-dealkylation sites (tertiary alicyclic amines) is 1. The molecule has 1 aliphatic heterocycles. The topological polar surface area (TPSA) is 115 Å². The standard InChI is InChI=1S/C38H47F5N4O6/c1-17(2)30-28-27(26-22-15-46(16-23(22)26)35(50)53-37(7,8)9)25(12-18(3)48)47(20-10-11-20)32(28)29(40)31(45-30)21-13-19(44-34(49)52-36(4,5)6)14-24(39)33(21)51-38(41,42)43/h13-14,17-18,20,22-23,26,48H,10-12,15-16H2,1-9H3,(H,44,49). The average Bonchev–Trinajstić information content (AvgIpc) is 3.86. The lowest BCUT2D eigenvalue weighted by Gasteiger charge is -2.26. The predicted octanol–water partition coefficient (Wildman–Crippen LogP) is 9.19. The molecule has 15 heteroatoms. The molecule has 6 rings (SSSR count). The number of aromatic nitrogens is 2. The smallest absolute Gasteiger partial charge is 0.444 e. The Morgan fingerprint density at radius 2 is 1.58 bits per heavy atom. The summed E-state index contributed by atoms with van der Waals surface area (Å²) in [5.74, 6) is -4.22. The molecule has 10 nitrogen and oxygen atoms in total. The minimum absolute atomic E-state index is 0.0350. The molecule has 2 amide bonds. The quantitative estimate of drug-likeness (QED) is 0.221. The second-order valence-corrected chi connectivity index (χ2v) is 16.8. The number of ether oxygens (including phenoxy) is 3. The number of hydrogen-bond acceptors (Lipinski definition) is 7. The fourth-order valence-corrected chi connectivity index (χ4v) is 7.56. The molecule has 0 radical (unpaired) electrons. The van der Waals surface area contributed by atoms with Crippen molar-refractivity contribution in [3.05, 3.63) is 40.7 Å². The lowest BCUT2D eigenvalue weighted by molar-refractivity contribution is -0.275. The lowest BCUT2D eigenvalue weighted by Crippen LogP contribution is -2.37. The van der Waals surface area contributed by atoms with Gasteiger partial charge in [-0.25, -0.2) is 23.4 Å². The van der Waals surface area contributed by atoms with Crippen molar-refractivity contribution >= 4 is 28.8 Å². The largest absolute Gasteiger partial charge is 0.573 e. The monoisotopic (exact) mass is 750 g/mol. The number of hydrogen-bond donors (Lipinski definition) is 2. The van der Waals surface area contributed by atoms with Crippen molar-refractivity contribution in [1.82, 2.24) is 14.5 Å². The lowest BCUT2D eigenvalue weighted by atomic mass is 9.94. The van der Waals surface area contributed by atoms with Gasteiger partial charge in [0.25, 0.3) is 0 Å². The summed E-state index contributed by atoms with van der Waals surface area (Å²) in [5.41, 5.74) is -1.17. The van der Waals surface area contributed by atoms with Gasteiger partial charge < -0.3 is 28.8 Å². The SMILES string of the molecule is CC(O)Cc1c(C2C3CN(C(=O)OC(C)(C)C)CC32)c2c(C(C)C)nc(-c3cc(NC(=O)OC(C)(C)C)cc(F)c3OC(F)(F)F)c(F)c2n1C1CC1. The van der Waals surface area contributed by atoms with Crippen LogP contribution in [0.15, 0.2) is 12.1 Å². The van der Waals surface area contributed by atoms with E-state index in [0.29, 0.717) is 48.8 Å². The molecule has 290 valence electrons. The Bertz CT molecular complexity index is 1930. The highest BCUT2D eigenvalue weighted by atomic mass is 19.4. The Kier molecular flexibility index (Phi) is 9.69. The fraction of sp³-hybridized carbons (Fsp3) is 0.605. The third-order valence-electron chi connectivity index (χ3n) is 9.54. The number of benzene rings is 1. The molecular formula is C38H47F5N4O6. The maximum absolute atomic E-state index is 17.5. The van der Waals surface area contributed by atoms with E-state index >= 15 is 8.78 Å². The molecule has 2 N–H and O–H groups in total. The van der Waals surface area contributed by atoms with Crippen molar-refractivity contribution in [2.45, 2.75) is 123 Å². The molecule has 2 aromatic heterocycles. The summed E-state index contributed by atoms with van der Waals surface area (Å²) in [5, 5.41) is 13.6. The Hall–Kier alpha value is -4.14. The number of carbonyl (C=O) groups is 2. The first-order valence-corrected chi connectivity index (χ1v) is 18.0. The van der Waals surface area contributed by atoms with Crippen LogP contribution < -0.4 is 10.1 Å². The van der Waals surface area contributed by atoms with Gasteiger partial charge in [0.1, 0.15) is 16.9 Å². The molecule has 0 spiro atoms. The van der Waals surface area contributed by atoms with Gasteiger partial charge in [0.2, 0.25) is 0 Å². The summed E-state index contributed by atoms with van der Waals surface area (Å²) in [4.78, 5) is 31.8. The predicted molar refractivity (Wildman–Crippen MR) is 187 cm³/mol. The summed E-state index contributed by atoms with van der Waals surface area (Å²) >= 11 is 0. The zero-order valence-electron chi connectivity index (χ0n) is 31.4. The van der Waals surface area contributed by atoms with E-state index in [1.165, 1.54) is 0 Å². The number of alkyl halides is 3. The molecular weight excluding hydrogens is 703 g/mol. The number of halogens is 5. The Balaban J connectivity index is 1.55. The Morgan fingerprint density at radius 3 is 2.09 bits per heavy atom.